The summed E-state index contributed by atoms with van der Waals surface area (Å²) in [5.41, 5.74) is 0. The van der Waals surface area contributed by atoms with E-state index in [0.717, 1.165) is 19.5 Å². The smallest absolute Gasteiger partial charge is 0.387 e. The van der Waals surface area contributed by atoms with Crippen LogP contribution in [0.25, 0.3) is 0 Å². The third-order valence-corrected chi connectivity index (χ3v) is 2.65. The molecule has 2 rings (SSSR count). The topological polar surface area (TPSA) is 46.2 Å². The van der Waals surface area contributed by atoms with Crippen LogP contribution in [-0.2, 0) is 0 Å². The Labute approximate surface area is 98.4 Å². The predicted molar refractivity (Wildman–Crippen MR) is 60.4 cm³/mol. The maximum absolute atomic E-state index is 11.9. The second-order valence-electron chi connectivity index (χ2n) is 3.93. The molecule has 1 atom stereocenters. The molecule has 4 nitrogen and oxygen atoms in total. The quantitative estimate of drug-likeness (QED) is 0.828. The fourth-order valence-corrected chi connectivity index (χ4v) is 1.82. The van der Waals surface area contributed by atoms with Gasteiger partial charge in [-0.15, -0.1) is 0 Å². The molecule has 94 valence electrons. The molecule has 0 aromatic carbocycles. The summed E-state index contributed by atoms with van der Waals surface area (Å²) < 4.78 is 28.0. The monoisotopic (exact) mass is 243 g/mol. The molecule has 1 unspecified atom stereocenters. The van der Waals surface area contributed by atoms with Gasteiger partial charge >= 0.3 is 6.61 Å². The van der Waals surface area contributed by atoms with Gasteiger partial charge in [0.05, 0.1) is 6.20 Å². The van der Waals surface area contributed by atoms with Crippen molar-refractivity contribution in [3.8, 4) is 5.75 Å². The van der Waals surface area contributed by atoms with E-state index in [1.165, 1.54) is 18.7 Å². The first kappa shape index (κ1) is 12.0. The minimum absolute atomic E-state index is 0.0736. The van der Waals surface area contributed by atoms with E-state index >= 15 is 0 Å². The van der Waals surface area contributed by atoms with E-state index in [2.05, 4.69) is 20.4 Å². The largest absolute Gasteiger partial charge is 0.433 e. The van der Waals surface area contributed by atoms with Gasteiger partial charge in [-0.3, -0.25) is 0 Å². The molecule has 1 aromatic rings. The average molecular weight is 243 g/mol. The highest BCUT2D eigenvalue weighted by molar-refractivity contribution is 5.37. The summed E-state index contributed by atoms with van der Waals surface area (Å²) in [5.74, 6) is 0.741. The van der Waals surface area contributed by atoms with Crippen LogP contribution in [0.15, 0.2) is 18.3 Å². The molecule has 0 bridgehead atoms. The Hall–Kier alpha value is -1.43. The lowest BCUT2D eigenvalue weighted by molar-refractivity contribution is -0.0500. The van der Waals surface area contributed by atoms with Crippen molar-refractivity contribution in [2.45, 2.75) is 25.5 Å². The number of nitrogens with zero attached hydrogens (tertiary/aromatic N) is 1. The van der Waals surface area contributed by atoms with E-state index in [1.54, 1.807) is 6.07 Å². The second kappa shape index (κ2) is 5.77. The summed E-state index contributed by atoms with van der Waals surface area (Å²) in [7, 11) is 0. The van der Waals surface area contributed by atoms with Gasteiger partial charge in [0.25, 0.3) is 0 Å². The van der Waals surface area contributed by atoms with Crippen LogP contribution in [0.4, 0.5) is 14.6 Å². The summed E-state index contributed by atoms with van der Waals surface area (Å²) in [6.07, 6.45) is 3.64. The molecule has 0 saturated carbocycles. The molecular weight excluding hydrogens is 228 g/mol. The normalized spacial score (nSPS) is 19.6. The lowest BCUT2D eigenvalue weighted by Gasteiger charge is -2.12. The van der Waals surface area contributed by atoms with Gasteiger partial charge in [0.15, 0.2) is 0 Å². The fourth-order valence-electron chi connectivity index (χ4n) is 1.82. The van der Waals surface area contributed by atoms with Crippen molar-refractivity contribution >= 4 is 5.82 Å². The van der Waals surface area contributed by atoms with Gasteiger partial charge in [-0.25, -0.2) is 4.98 Å². The van der Waals surface area contributed by atoms with Crippen molar-refractivity contribution in [3.63, 3.8) is 0 Å². The number of hydrogen-bond acceptors (Lipinski definition) is 4. The van der Waals surface area contributed by atoms with E-state index < -0.39 is 6.61 Å². The third kappa shape index (κ3) is 3.81. The summed E-state index contributed by atoms with van der Waals surface area (Å²) in [5, 5.41) is 6.50. The van der Waals surface area contributed by atoms with Crippen LogP contribution >= 0.6 is 0 Å². The minimum Gasteiger partial charge on any atom is -0.433 e. The van der Waals surface area contributed by atoms with E-state index in [4.69, 9.17) is 0 Å². The number of aromatic nitrogens is 1. The average Bonchev–Trinajstić information content (AvgIpc) is 2.80. The molecule has 1 aliphatic rings. The Morgan fingerprint density at radius 3 is 3.00 bits per heavy atom. The highest BCUT2D eigenvalue weighted by atomic mass is 19.3. The molecule has 1 fully saturated rings. The van der Waals surface area contributed by atoms with Crippen molar-refractivity contribution in [1.82, 2.24) is 10.3 Å². The number of halogens is 2. The van der Waals surface area contributed by atoms with Crippen LogP contribution in [-0.4, -0.2) is 30.7 Å². The second-order valence-corrected chi connectivity index (χ2v) is 3.93. The van der Waals surface area contributed by atoms with Gasteiger partial charge in [-0.1, -0.05) is 0 Å². The van der Waals surface area contributed by atoms with Crippen molar-refractivity contribution in [3.05, 3.63) is 18.3 Å². The van der Waals surface area contributed by atoms with Gasteiger partial charge in [0.2, 0.25) is 0 Å². The minimum atomic E-state index is -2.81. The Morgan fingerprint density at radius 2 is 2.41 bits per heavy atom. The maximum atomic E-state index is 11.9. The molecule has 2 N–H and O–H groups in total. The molecule has 1 aliphatic heterocycles. The van der Waals surface area contributed by atoms with Crippen molar-refractivity contribution < 1.29 is 13.5 Å². The zero-order chi connectivity index (χ0) is 12.1. The number of rotatable bonds is 5. The fraction of sp³-hybridized carbons (Fsp3) is 0.545. The van der Waals surface area contributed by atoms with Gasteiger partial charge < -0.3 is 15.4 Å². The predicted octanol–water partition coefficient (Wildman–Crippen LogP) is 1.85. The Bertz CT molecular complexity index is 339. The van der Waals surface area contributed by atoms with Crippen LogP contribution in [0.2, 0.25) is 0 Å². The Balaban J connectivity index is 1.80. The van der Waals surface area contributed by atoms with Gasteiger partial charge in [0.1, 0.15) is 11.6 Å². The molecule has 17 heavy (non-hydrogen) atoms. The lowest BCUT2D eigenvalue weighted by atomic mass is 10.2. The molecule has 6 heteroatoms. The van der Waals surface area contributed by atoms with Crippen LogP contribution in [0.5, 0.6) is 5.75 Å². The summed E-state index contributed by atoms with van der Waals surface area (Å²) >= 11 is 0. The first-order chi connectivity index (χ1) is 8.24. The summed E-state index contributed by atoms with van der Waals surface area (Å²) in [6, 6.07) is 3.57. The van der Waals surface area contributed by atoms with Crippen LogP contribution in [0.3, 0.4) is 0 Å². The van der Waals surface area contributed by atoms with Gasteiger partial charge in [-0.2, -0.15) is 8.78 Å². The molecule has 1 aromatic heterocycles. The molecular formula is C11H15F2N3O. The lowest BCUT2D eigenvalue weighted by Crippen LogP contribution is -2.29. The van der Waals surface area contributed by atoms with E-state index in [-0.39, 0.29) is 5.75 Å². The number of anilines is 1. The standard InChI is InChI=1S/C11H15F2N3O/c12-11(13)17-9-3-4-10(16-7-9)15-6-8-2-1-5-14-8/h3-4,7-8,11,14H,1-2,5-6H2,(H,15,16). The molecule has 2 heterocycles. The number of alkyl halides is 2. The highest BCUT2D eigenvalue weighted by Gasteiger charge is 2.13. The third-order valence-electron chi connectivity index (χ3n) is 2.65. The van der Waals surface area contributed by atoms with Crippen LogP contribution in [0, 0.1) is 0 Å². The van der Waals surface area contributed by atoms with E-state index in [0.29, 0.717) is 11.9 Å². The SMILES string of the molecule is FC(F)Oc1ccc(NCC2CCCN2)nc1. The zero-order valence-corrected chi connectivity index (χ0v) is 9.33. The number of ether oxygens (including phenoxy) is 1. The maximum Gasteiger partial charge on any atom is 0.387 e. The van der Waals surface area contributed by atoms with Crippen molar-refractivity contribution in [1.29, 1.82) is 0 Å². The highest BCUT2D eigenvalue weighted by Crippen LogP contribution is 2.15. The van der Waals surface area contributed by atoms with Crippen molar-refractivity contribution in [2.24, 2.45) is 0 Å². The Kier molecular flexibility index (Phi) is 4.08. The molecule has 0 spiro atoms. The summed E-state index contributed by atoms with van der Waals surface area (Å²) in [4.78, 5) is 4.00. The van der Waals surface area contributed by atoms with Crippen LogP contribution < -0.4 is 15.4 Å². The number of hydrogen-bond donors (Lipinski definition) is 2. The van der Waals surface area contributed by atoms with Gasteiger partial charge in [-0.05, 0) is 31.5 Å². The summed E-state index contributed by atoms with van der Waals surface area (Å²) in [6.45, 7) is -0.957. The molecule has 0 amide bonds. The molecule has 0 aliphatic carbocycles. The first-order valence-electron chi connectivity index (χ1n) is 5.62. The van der Waals surface area contributed by atoms with Crippen molar-refractivity contribution in [2.75, 3.05) is 18.4 Å². The van der Waals surface area contributed by atoms with E-state index in [1.807, 2.05) is 0 Å². The molecule has 1 saturated heterocycles. The molecule has 0 radical (unpaired) electrons. The van der Waals surface area contributed by atoms with Gasteiger partial charge in [0, 0.05) is 12.6 Å². The van der Waals surface area contributed by atoms with E-state index in [9.17, 15) is 8.78 Å². The Morgan fingerprint density at radius 1 is 1.53 bits per heavy atom. The first-order valence-corrected chi connectivity index (χ1v) is 5.62. The number of nitrogens with one attached hydrogen (secondary N) is 2. The zero-order valence-electron chi connectivity index (χ0n) is 9.33. The van der Waals surface area contributed by atoms with Crippen LogP contribution in [0.1, 0.15) is 12.8 Å². The number of pyridine rings is 1.